The average Bonchev–Trinajstić information content (AvgIpc) is 2.66. The van der Waals surface area contributed by atoms with E-state index in [0.29, 0.717) is 18.1 Å². The van der Waals surface area contributed by atoms with Crippen LogP contribution in [0.15, 0.2) is 59.6 Å². The Labute approximate surface area is 152 Å². The van der Waals surface area contributed by atoms with Gasteiger partial charge in [-0.15, -0.1) is 0 Å². The molecule has 4 nitrogen and oxygen atoms in total. The van der Waals surface area contributed by atoms with Gasteiger partial charge in [0.15, 0.2) is 5.96 Å². The highest BCUT2D eigenvalue weighted by Gasteiger charge is 2.18. The minimum atomic E-state index is -0.867. The van der Waals surface area contributed by atoms with Crippen molar-refractivity contribution in [3.8, 4) is 0 Å². The predicted octanol–water partition coefficient (Wildman–Crippen LogP) is 2.57. The van der Waals surface area contributed by atoms with E-state index < -0.39 is 10.8 Å². The molecule has 0 amide bonds. The van der Waals surface area contributed by atoms with Crippen LogP contribution in [-0.2, 0) is 29.5 Å². The molecule has 0 saturated carbocycles. The molecule has 0 fully saturated rings. The van der Waals surface area contributed by atoms with Gasteiger partial charge in [-0.25, -0.2) is 0 Å². The van der Waals surface area contributed by atoms with Gasteiger partial charge in [-0.3, -0.25) is 9.20 Å². The highest BCUT2D eigenvalue weighted by Crippen LogP contribution is 2.18. The first-order valence-electron chi connectivity index (χ1n) is 8.67. The van der Waals surface area contributed by atoms with E-state index in [1.165, 1.54) is 11.1 Å². The summed E-state index contributed by atoms with van der Waals surface area (Å²) in [4.78, 5) is 6.66. The molecule has 1 heterocycles. The third-order valence-electron chi connectivity index (χ3n) is 4.43. The van der Waals surface area contributed by atoms with Gasteiger partial charge in [-0.2, -0.15) is 0 Å². The summed E-state index contributed by atoms with van der Waals surface area (Å²) in [5.41, 5.74) is 3.92. The number of fused-ring (bicyclic) bond motifs is 1. The molecule has 1 unspecified atom stereocenters. The van der Waals surface area contributed by atoms with E-state index in [4.69, 9.17) is 0 Å². The van der Waals surface area contributed by atoms with Crippen LogP contribution in [0.2, 0.25) is 0 Å². The molecule has 1 atom stereocenters. The fourth-order valence-corrected chi connectivity index (χ4v) is 4.16. The zero-order valence-electron chi connectivity index (χ0n) is 14.6. The summed E-state index contributed by atoms with van der Waals surface area (Å²) in [6.07, 6.45) is 1.04. The van der Waals surface area contributed by atoms with E-state index in [2.05, 4.69) is 39.5 Å². The Morgan fingerprint density at radius 2 is 1.84 bits per heavy atom. The minimum absolute atomic E-state index is 0.609. The fourth-order valence-electron chi connectivity index (χ4n) is 3.12. The number of nitrogens with one attached hydrogen (secondary N) is 1. The molecule has 0 bridgehead atoms. The first-order chi connectivity index (χ1) is 12.3. The smallest absolute Gasteiger partial charge is 0.193 e. The van der Waals surface area contributed by atoms with Crippen LogP contribution < -0.4 is 5.32 Å². The lowest BCUT2D eigenvalue weighted by Crippen LogP contribution is -2.45. The molecule has 132 valence electrons. The van der Waals surface area contributed by atoms with Crippen LogP contribution >= 0.6 is 0 Å². The van der Waals surface area contributed by atoms with Gasteiger partial charge in [0.25, 0.3) is 0 Å². The molecular formula is C20H25N3OS. The molecule has 0 saturated heterocycles. The zero-order chi connectivity index (χ0) is 17.5. The highest BCUT2D eigenvalue weighted by molar-refractivity contribution is 7.84. The topological polar surface area (TPSA) is 44.7 Å². The molecule has 1 aliphatic heterocycles. The normalized spacial score (nSPS) is 15.6. The molecule has 2 aromatic carbocycles. The number of benzene rings is 2. The van der Waals surface area contributed by atoms with Crippen LogP contribution in [0, 0.1) is 0 Å². The summed E-state index contributed by atoms with van der Waals surface area (Å²) in [7, 11) is 0.943. The van der Waals surface area contributed by atoms with Gasteiger partial charge in [0.2, 0.25) is 0 Å². The van der Waals surface area contributed by atoms with Crippen LogP contribution in [0.1, 0.15) is 16.7 Å². The maximum absolute atomic E-state index is 12.2. The van der Waals surface area contributed by atoms with Gasteiger partial charge >= 0.3 is 0 Å². The molecule has 0 aromatic heterocycles. The molecule has 1 aliphatic rings. The van der Waals surface area contributed by atoms with Crippen molar-refractivity contribution in [2.75, 3.05) is 25.9 Å². The number of guanidine groups is 1. The molecule has 3 rings (SSSR count). The third kappa shape index (κ3) is 4.92. The van der Waals surface area contributed by atoms with Gasteiger partial charge in [0, 0.05) is 49.0 Å². The van der Waals surface area contributed by atoms with Gasteiger partial charge in [0.05, 0.1) is 0 Å². The first-order valence-corrected chi connectivity index (χ1v) is 10.2. The van der Waals surface area contributed by atoms with Crippen molar-refractivity contribution >= 4 is 16.8 Å². The summed E-state index contributed by atoms with van der Waals surface area (Å²) in [5, 5.41) is 3.37. The van der Waals surface area contributed by atoms with Crippen molar-refractivity contribution in [2.45, 2.75) is 18.7 Å². The summed E-state index contributed by atoms with van der Waals surface area (Å²) >= 11 is 0. The molecule has 25 heavy (non-hydrogen) atoms. The predicted molar refractivity (Wildman–Crippen MR) is 105 cm³/mol. The molecule has 1 N–H and O–H groups in total. The van der Waals surface area contributed by atoms with E-state index in [9.17, 15) is 4.21 Å². The van der Waals surface area contributed by atoms with Crippen molar-refractivity contribution in [3.05, 3.63) is 71.3 Å². The van der Waals surface area contributed by atoms with Crippen LogP contribution in [0.25, 0.3) is 0 Å². The molecule has 2 aromatic rings. The Bertz CT molecular complexity index is 746. The maximum atomic E-state index is 12.2. The Morgan fingerprint density at radius 1 is 1.12 bits per heavy atom. The van der Waals surface area contributed by atoms with Gasteiger partial charge in [-0.1, -0.05) is 54.6 Å². The van der Waals surface area contributed by atoms with E-state index in [1.54, 1.807) is 0 Å². The molecule has 5 heteroatoms. The van der Waals surface area contributed by atoms with Crippen molar-refractivity contribution in [1.29, 1.82) is 0 Å². The largest absolute Gasteiger partial charge is 0.355 e. The Morgan fingerprint density at radius 3 is 2.60 bits per heavy atom. The van der Waals surface area contributed by atoms with Gasteiger partial charge in [-0.05, 0) is 23.1 Å². The summed E-state index contributed by atoms with van der Waals surface area (Å²) in [6.45, 7) is 2.51. The minimum Gasteiger partial charge on any atom is -0.355 e. The standard InChI is InChI=1S/C20H25N3OS/c1-21-20(23-13-11-18-9-5-6-10-19(18)15-23)22-12-14-25(24)16-17-7-3-2-4-8-17/h2-10H,11-16H2,1H3,(H,21,22). The van der Waals surface area contributed by atoms with Crippen LogP contribution in [-0.4, -0.2) is 41.0 Å². The van der Waals surface area contributed by atoms with Crippen molar-refractivity contribution in [1.82, 2.24) is 10.2 Å². The summed E-state index contributed by atoms with van der Waals surface area (Å²) in [5.74, 6) is 2.13. The van der Waals surface area contributed by atoms with Crippen LogP contribution in [0.5, 0.6) is 0 Å². The lowest BCUT2D eigenvalue weighted by molar-refractivity contribution is 0.380. The van der Waals surface area contributed by atoms with Crippen LogP contribution in [0.3, 0.4) is 0 Å². The van der Waals surface area contributed by atoms with E-state index in [-0.39, 0.29) is 0 Å². The number of rotatable bonds is 5. The Hall–Kier alpha value is -2.14. The zero-order valence-corrected chi connectivity index (χ0v) is 15.5. The monoisotopic (exact) mass is 355 g/mol. The number of hydrogen-bond donors (Lipinski definition) is 1. The average molecular weight is 356 g/mol. The molecule has 0 spiro atoms. The van der Waals surface area contributed by atoms with E-state index in [0.717, 1.165) is 31.0 Å². The summed E-state index contributed by atoms with van der Waals surface area (Å²) < 4.78 is 12.2. The lowest BCUT2D eigenvalue weighted by atomic mass is 10.0. The SMILES string of the molecule is CN=C(NCCS(=O)Cc1ccccc1)N1CCc2ccccc2C1. The fraction of sp³-hybridized carbons (Fsp3) is 0.350. The van der Waals surface area contributed by atoms with Gasteiger partial charge in [0.1, 0.15) is 0 Å². The second kappa shape index (κ2) is 8.81. The van der Waals surface area contributed by atoms with Crippen molar-refractivity contribution in [2.24, 2.45) is 4.99 Å². The van der Waals surface area contributed by atoms with E-state index >= 15 is 0 Å². The second-order valence-electron chi connectivity index (χ2n) is 6.19. The lowest BCUT2D eigenvalue weighted by Gasteiger charge is -2.31. The molecular weight excluding hydrogens is 330 g/mol. The Balaban J connectivity index is 1.48. The van der Waals surface area contributed by atoms with Crippen molar-refractivity contribution < 1.29 is 4.21 Å². The Kier molecular flexibility index (Phi) is 6.23. The molecule has 0 aliphatic carbocycles. The first kappa shape index (κ1) is 17.7. The van der Waals surface area contributed by atoms with Crippen molar-refractivity contribution in [3.63, 3.8) is 0 Å². The van der Waals surface area contributed by atoms with Crippen LogP contribution in [0.4, 0.5) is 0 Å². The van der Waals surface area contributed by atoms with E-state index in [1.807, 2.05) is 37.4 Å². The molecule has 0 radical (unpaired) electrons. The van der Waals surface area contributed by atoms with Gasteiger partial charge < -0.3 is 10.2 Å². The number of aliphatic imine (C=N–C) groups is 1. The highest BCUT2D eigenvalue weighted by atomic mass is 32.2. The quantitative estimate of drug-likeness (QED) is 0.662. The maximum Gasteiger partial charge on any atom is 0.193 e. The summed E-state index contributed by atoms with van der Waals surface area (Å²) in [6, 6.07) is 18.6. The second-order valence-corrected chi connectivity index (χ2v) is 7.76. The number of hydrogen-bond acceptors (Lipinski definition) is 2. The number of nitrogens with zero attached hydrogens (tertiary/aromatic N) is 2. The third-order valence-corrected chi connectivity index (χ3v) is 5.74.